The van der Waals surface area contributed by atoms with Crippen molar-refractivity contribution in [2.75, 3.05) is 26.3 Å². The molecule has 0 spiro atoms. The van der Waals surface area contributed by atoms with E-state index in [9.17, 15) is 13.2 Å². The van der Waals surface area contributed by atoms with Gasteiger partial charge in [-0.1, -0.05) is 35.9 Å². The van der Waals surface area contributed by atoms with E-state index in [-0.39, 0.29) is 23.1 Å². The van der Waals surface area contributed by atoms with E-state index in [1.54, 1.807) is 41.3 Å². The fraction of sp³-hybridized carbons (Fsp3) is 0.333. The predicted molar refractivity (Wildman–Crippen MR) is 114 cm³/mol. The van der Waals surface area contributed by atoms with Crippen LogP contribution < -0.4 is 10.5 Å². The van der Waals surface area contributed by atoms with Gasteiger partial charge >= 0.3 is 0 Å². The van der Waals surface area contributed by atoms with E-state index < -0.39 is 16.1 Å². The van der Waals surface area contributed by atoms with Gasteiger partial charge < -0.3 is 15.4 Å². The topological polar surface area (TPSA) is 126 Å². The number of benzene rings is 2. The van der Waals surface area contributed by atoms with Gasteiger partial charge in [-0.15, -0.1) is 0 Å². The lowest BCUT2D eigenvalue weighted by molar-refractivity contribution is -0.137. The molecule has 0 bridgehead atoms. The van der Waals surface area contributed by atoms with Crippen LogP contribution in [0.2, 0.25) is 0 Å². The second kappa shape index (κ2) is 9.38. The van der Waals surface area contributed by atoms with Crippen molar-refractivity contribution in [1.82, 2.24) is 9.62 Å². The molecule has 1 atom stereocenters. The van der Waals surface area contributed by atoms with Crippen molar-refractivity contribution in [1.29, 1.82) is 5.41 Å². The van der Waals surface area contributed by atoms with Gasteiger partial charge in [0.25, 0.3) is 0 Å². The number of aryl methyl sites for hydroxylation is 1. The zero-order valence-electron chi connectivity index (χ0n) is 16.8. The fourth-order valence-corrected chi connectivity index (χ4v) is 4.45. The number of rotatable bonds is 7. The summed E-state index contributed by atoms with van der Waals surface area (Å²) in [4.78, 5) is 14.9. The summed E-state index contributed by atoms with van der Waals surface area (Å²) in [5, 5.41) is 7.61. The predicted octanol–water partition coefficient (Wildman–Crippen LogP) is 1.03. The highest BCUT2D eigenvalue weighted by atomic mass is 32.2. The number of nitrogens with zero attached hydrogens (tertiary/aromatic N) is 1. The van der Waals surface area contributed by atoms with Gasteiger partial charge in [-0.3, -0.25) is 10.2 Å². The number of morpholine rings is 1. The molecule has 1 amide bonds. The molecule has 3 rings (SSSR count). The first-order valence-electron chi connectivity index (χ1n) is 9.65. The van der Waals surface area contributed by atoms with Crippen molar-refractivity contribution >= 4 is 21.8 Å². The Morgan fingerprint density at radius 1 is 1.20 bits per heavy atom. The zero-order chi connectivity index (χ0) is 21.7. The first kappa shape index (κ1) is 21.9. The van der Waals surface area contributed by atoms with Crippen LogP contribution in [0.25, 0.3) is 0 Å². The second-order valence-electron chi connectivity index (χ2n) is 7.24. The maximum absolute atomic E-state index is 13.2. The molecule has 2 aromatic carbocycles. The zero-order valence-corrected chi connectivity index (χ0v) is 17.6. The molecule has 0 radical (unpaired) electrons. The lowest BCUT2D eigenvalue weighted by atomic mass is 10.0. The number of nitrogens with two attached hydrogens (primary N) is 1. The van der Waals surface area contributed by atoms with Gasteiger partial charge in [0.15, 0.2) is 0 Å². The minimum absolute atomic E-state index is 0.0897. The average molecular weight is 431 g/mol. The van der Waals surface area contributed by atoms with Gasteiger partial charge in [-0.05, 0) is 37.1 Å². The minimum Gasteiger partial charge on any atom is -0.384 e. The van der Waals surface area contributed by atoms with Crippen LogP contribution in [0.5, 0.6) is 0 Å². The Balaban J connectivity index is 1.88. The highest BCUT2D eigenvalue weighted by Gasteiger charge is 2.30. The molecule has 4 N–H and O–H groups in total. The number of nitrogens with one attached hydrogen (secondary N) is 2. The number of ether oxygens (including phenoxy) is 1. The first-order chi connectivity index (χ1) is 14.3. The standard InChI is InChI=1S/C21H26N4O4S/c1-15-5-7-18(8-6-15)30(27,28)24-19(21(26)25-9-11-29-12-10-25)14-16-3-2-4-17(13-16)20(22)23/h2-8,13,19,24H,9-12,14H2,1H3,(H3,22,23)/t19-/m0/s1. The number of nitrogen functional groups attached to an aromatic ring is 1. The Morgan fingerprint density at radius 2 is 1.87 bits per heavy atom. The molecule has 0 aromatic heterocycles. The van der Waals surface area contributed by atoms with Crippen LogP contribution in [0.1, 0.15) is 16.7 Å². The Morgan fingerprint density at radius 3 is 2.50 bits per heavy atom. The third-order valence-electron chi connectivity index (χ3n) is 4.93. The van der Waals surface area contributed by atoms with Crippen LogP contribution in [-0.2, 0) is 26.0 Å². The largest absolute Gasteiger partial charge is 0.384 e. The van der Waals surface area contributed by atoms with E-state index in [0.29, 0.717) is 37.4 Å². The van der Waals surface area contributed by atoms with Gasteiger partial charge in [-0.25, -0.2) is 8.42 Å². The van der Waals surface area contributed by atoms with E-state index >= 15 is 0 Å². The Bertz CT molecular complexity index is 1020. The molecule has 0 saturated carbocycles. The van der Waals surface area contributed by atoms with Crippen molar-refractivity contribution in [3.63, 3.8) is 0 Å². The molecule has 0 aliphatic carbocycles. The van der Waals surface area contributed by atoms with E-state index in [0.717, 1.165) is 5.56 Å². The first-order valence-corrected chi connectivity index (χ1v) is 11.1. The van der Waals surface area contributed by atoms with Crippen LogP contribution >= 0.6 is 0 Å². The van der Waals surface area contributed by atoms with Gasteiger partial charge in [0.2, 0.25) is 15.9 Å². The highest BCUT2D eigenvalue weighted by molar-refractivity contribution is 7.89. The molecule has 8 nitrogen and oxygen atoms in total. The summed E-state index contributed by atoms with van der Waals surface area (Å²) in [5.41, 5.74) is 7.73. The SMILES string of the molecule is Cc1ccc(S(=O)(=O)N[C@@H](Cc2cccc(C(=N)N)c2)C(=O)N2CCOCC2)cc1. The van der Waals surface area contributed by atoms with E-state index in [1.807, 2.05) is 6.92 Å². The Kier molecular flexibility index (Phi) is 6.86. The molecule has 0 unspecified atom stereocenters. The van der Waals surface area contributed by atoms with Gasteiger partial charge in [-0.2, -0.15) is 4.72 Å². The smallest absolute Gasteiger partial charge is 0.241 e. The molecular weight excluding hydrogens is 404 g/mol. The lowest BCUT2D eigenvalue weighted by Gasteiger charge is -2.30. The minimum atomic E-state index is -3.90. The maximum atomic E-state index is 13.2. The quantitative estimate of drug-likeness (QED) is 0.447. The summed E-state index contributed by atoms with van der Waals surface area (Å²) >= 11 is 0. The number of hydrogen-bond acceptors (Lipinski definition) is 5. The number of carbonyl (C=O) groups excluding carboxylic acids is 1. The van der Waals surface area contributed by atoms with Crippen molar-refractivity contribution in [3.8, 4) is 0 Å². The van der Waals surface area contributed by atoms with Gasteiger partial charge in [0.1, 0.15) is 11.9 Å². The highest BCUT2D eigenvalue weighted by Crippen LogP contribution is 2.15. The lowest BCUT2D eigenvalue weighted by Crippen LogP contribution is -2.52. The maximum Gasteiger partial charge on any atom is 0.241 e. The van der Waals surface area contributed by atoms with Gasteiger partial charge in [0.05, 0.1) is 18.1 Å². The average Bonchev–Trinajstić information content (AvgIpc) is 2.73. The molecule has 1 heterocycles. The molecule has 30 heavy (non-hydrogen) atoms. The molecule has 1 aliphatic rings. The monoisotopic (exact) mass is 430 g/mol. The summed E-state index contributed by atoms with van der Waals surface area (Å²) < 4.78 is 33.8. The molecule has 2 aromatic rings. The fourth-order valence-electron chi connectivity index (χ4n) is 3.26. The summed E-state index contributed by atoms with van der Waals surface area (Å²) in [7, 11) is -3.90. The third kappa shape index (κ3) is 5.44. The van der Waals surface area contributed by atoms with Crippen molar-refractivity contribution in [2.24, 2.45) is 5.73 Å². The van der Waals surface area contributed by atoms with Crippen molar-refractivity contribution < 1.29 is 17.9 Å². The van der Waals surface area contributed by atoms with Crippen LogP contribution in [0.3, 0.4) is 0 Å². The summed E-state index contributed by atoms with van der Waals surface area (Å²) in [5.74, 6) is -0.393. The summed E-state index contributed by atoms with van der Waals surface area (Å²) in [6, 6.07) is 12.4. The van der Waals surface area contributed by atoms with E-state index in [4.69, 9.17) is 15.9 Å². The van der Waals surface area contributed by atoms with Crippen LogP contribution in [0.4, 0.5) is 0 Å². The molecule has 9 heteroatoms. The summed E-state index contributed by atoms with van der Waals surface area (Å²) in [6.07, 6.45) is 0.141. The normalized spacial score (nSPS) is 15.6. The number of hydrogen-bond donors (Lipinski definition) is 3. The Labute approximate surface area is 176 Å². The second-order valence-corrected chi connectivity index (χ2v) is 8.96. The van der Waals surface area contributed by atoms with Crippen LogP contribution in [0.15, 0.2) is 53.4 Å². The van der Waals surface area contributed by atoms with Crippen molar-refractivity contribution in [3.05, 3.63) is 65.2 Å². The molecule has 1 saturated heterocycles. The van der Waals surface area contributed by atoms with Crippen LogP contribution in [-0.4, -0.2) is 57.4 Å². The number of carbonyl (C=O) groups is 1. The molecule has 1 fully saturated rings. The van der Waals surface area contributed by atoms with E-state index in [2.05, 4.69) is 4.72 Å². The van der Waals surface area contributed by atoms with Crippen LogP contribution in [0, 0.1) is 12.3 Å². The number of amides is 1. The number of amidine groups is 1. The number of sulfonamides is 1. The van der Waals surface area contributed by atoms with Crippen molar-refractivity contribution in [2.45, 2.75) is 24.3 Å². The van der Waals surface area contributed by atoms with E-state index in [1.165, 1.54) is 12.1 Å². The molecule has 160 valence electrons. The molecule has 1 aliphatic heterocycles. The Hall–Kier alpha value is -2.75. The molecular formula is C21H26N4O4S. The van der Waals surface area contributed by atoms with Gasteiger partial charge in [0, 0.05) is 18.7 Å². The summed E-state index contributed by atoms with van der Waals surface area (Å²) in [6.45, 7) is 3.53. The third-order valence-corrected chi connectivity index (χ3v) is 6.41.